The zero-order valence-corrected chi connectivity index (χ0v) is 11.2. The molecule has 1 aliphatic rings. The summed E-state index contributed by atoms with van der Waals surface area (Å²) in [4.78, 5) is 1.24. The van der Waals surface area contributed by atoms with Gasteiger partial charge >= 0.3 is 0 Å². The second kappa shape index (κ2) is 4.99. The summed E-state index contributed by atoms with van der Waals surface area (Å²) < 4.78 is 0.269. The maximum absolute atomic E-state index is 5.99. The highest BCUT2D eigenvalue weighted by Gasteiger charge is 2.42. The van der Waals surface area contributed by atoms with E-state index >= 15 is 0 Å². The van der Waals surface area contributed by atoms with Crippen LogP contribution in [0.5, 0.6) is 0 Å². The van der Waals surface area contributed by atoms with E-state index in [0.717, 1.165) is 17.5 Å². The van der Waals surface area contributed by atoms with Crippen LogP contribution in [0.2, 0.25) is 5.02 Å². The van der Waals surface area contributed by atoms with Crippen LogP contribution in [0.3, 0.4) is 0 Å². The van der Waals surface area contributed by atoms with Crippen LogP contribution in [0.4, 0.5) is 0 Å². The topological polar surface area (TPSA) is 26.0 Å². The number of benzene rings is 1. The van der Waals surface area contributed by atoms with Crippen LogP contribution in [-0.4, -0.2) is 11.3 Å². The minimum atomic E-state index is 0.269. The van der Waals surface area contributed by atoms with Crippen LogP contribution in [0.1, 0.15) is 26.2 Å². The van der Waals surface area contributed by atoms with Crippen LogP contribution < -0.4 is 5.73 Å². The first-order valence-corrected chi connectivity index (χ1v) is 7.01. The molecule has 16 heavy (non-hydrogen) atoms. The molecule has 2 N–H and O–H groups in total. The number of halogens is 1. The monoisotopic (exact) mass is 255 g/mol. The molecule has 0 atom stereocenters. The first-order valence-electron chi connectivity index (χ1n) is 5.82. The van der Waals surface area contributed by atoms with Gasteiger partial charge in [-0.2, -0.15) is 0 Å². The molecular weight excluding hydrogens is 238 g/mol. The van der Waals surface area contributed by atoms with Gasteiger partial charge in [-0.05, 0) is 37.0 Å². The lowest BCUT2D eigenvalue weighted by Gasteiger charge is -2.46. The Kier molecular flexibility index (Phi) is 3.83. The van der Waals surface area contributed by atoms with Gasteiger partial charge in [0.2, 0.25) is 0 Å². The van der Waals surface area contributed by atoms with Crippen LogP contribution >= 0.6 is 23.4 Å². The van der Waals surface area contributed by atoms with Crippen molar-refractivity contribution in [2.75, 3.05) is 6.54 Å². The molecule has 1 aromatic carbocycles. The van der Waals surface area contributed by atoms with E-state index in [1.807, 2.05) is 30.0 Å². The van der Waals surface area contributed by atoms with Gasteiger partial charge < -0.3 is 5.73 Å². The molecule has 1 saturated carbocycles. The van der Waals surface area contributed by atoms with E-state index in [-0.39, 0.29) is 4.75 Å². The number of rotatable bonds is 4. The third kappa shape index (κ3) is 2.55. The Morgan fingerprint density at radius 2 is 2.25 bits per heavy atom. The average molecular weight is 256 g/mol. The van der Waals surface area contributed by atoms with Gasteiger partial charge in [0.05, 0.1) is 0 Å². The second-order valence-electron chi connectivity index (χ2n) is 4.63. The Bertz CT molecular complexity index is 361. The van der Waals surface area contributed by atoms with Gasteiger partial charge in [-0.15, -0.1) is 11.8 Å². The summed E-state index contributed by atoms with van der Waals surface area (Å²) in [6.45, 7) is 3.02. The molecular formula is C13H18ClNS. The van der Waals surface area contributed by atoms with E-state index < -0.39 is 0 Å². The number of hydrogen-bond acceptors (Lipinski definition) is 2. The Morgan fingerprint density at radius 1 is 1.50 bits per heavy atom. The molecule has 0 spiro atoms. The summed E-state index contributed by atoms with van der Waals surface area (Å²) in [5, 5.41) is 0.809. The quantitative estimate of drug-likeness (QED) is 0.882. The minimum Gasteiger partial charge on any atom is -0.329 e. The SMILES string of the molecule is CCC1CC(CN)(Sc2cccc(Cl)c2)C1. The maximum Gasteiger partial charge on any atom is 0.0417 e. The predicted molar refractivity (Wildman–Crippen MR) is 72.1 cm³/mol. The minimum absolute atomic E-state index is 0.269. The maximum atomic E-state index is 5.99. The molecule has 3 heteroatoms. The fraction of sp³-hybridized carbons (Fsp3) is 0.538. The fourth-order valence-corrected chi connectivity index (χ4v) is 4.16. The highest BCUT2D eigenvalue weighted by Crippen LogP contribution is 2.51. The van der Waals surface area contributed by atoms with Gasteiger partial charge in [-0.3, -0.25) is 0 Å². The summed E-state index contributed by atoms with van der Waals surface area (Å²) in [6.07, 6.45) is 3.77. The third-order valence-electron chi connectivity index (χ3n) is 3.40. The fourth-order valence-electron chi connectivity index (χ4n) is 2.35. The van der Waals surface area contributed by atoms with Crippen molar-refractivity contribution in [3.8, 4) is 0 Å². The first kappa shape index (κ1) is 12.3. The zero-order chi connectivity index (χ0) is 11.6. The lowest BCUT2D eigenvalue weighted by Crippen LogP contribution is -2.46. The molecule has 1 fully saturated rings. The molecule has 88 valence electrons. The molecule has 0 aliphatic heterocycles. The predicted octanol–water partition coefficient (Wildman–Crippen LogP) is 3.95. The molecule has 1 aromatic rings. The molecule has 0 amide bonds. The number of thioether (sulfide) groups is 1. The Labute approximate surface area is 107 Å². The Balaban J connectivity index is 2.03. The van der Waals surface area contributed by atoms with E-state index in [9.17, 15) is 0 Å². The Hall–Kier alpha value is -0.180. The van der Waals surface area contributed by atoms with Gasteiger partial charge in [0.25, 0.3) is 0 Å². The molecule has 0 saturated heterocycles. The lowest BCUT2D eigenvalue weighted by molar-refractivity contribution is 0.229. The Morgan fingerprint density at radius 3 is 2.81 bits per heavy atom. The van der Waals surface area contributed by atoms with Crippen molar-refractivity contribution in [3.05, 3.63) is 29.3 Å². The molecule has 1 aliphatic carbocycles. The average Bonchev–Trinajstić information content (AvgIpc) is 2.23. The molecule has 1 nitrogen and oxygen atoms in total. The molecule has 0 heterocycles. The van der Waals surface area contributed by atoms with Crippen molar-refractivity contribution in [1.29, 1.82) is 0 Å². The summed E-state index contributed by atoms with van der Waals surface area (Å²) in [5.74, 6) is 0.871. The van der Waals surface area contributed by atoms with Crippen molar-refractivity contribution >= 4 is 23.4 Å². The van der Waals surface area contributed by atoms with E-state index in [1.54, 1.807) is 0 Å². The van der Waals surface area contributed by atoms with Crippen LogP contribution in [0.15, 0.2) is 29.2 Å². The molecule has 0 radical (unpaired) electrons. The molecule has 0 unspecified atom stereocenters. The van der Waals surface area contributed by atoms with E-state index in [1.165, 1.54) is 24.2 Å². The van der Waals surface area contributed by atoms with E-state index in [2.05, 4.69) is 13.0 Å². The largest absolute Gasteiger partial charge is 0.329 e. The van der Waals surface area contributed by atoms with Gasteiger partial charge in [0.1, 0.15) is 0 Å². The first-order chi connectivity index (χ1) is 7.67. The van der Waals surface area contributed by atoms with Gasteiger partial charge in [0.15, 0.2) is 0 Å². The van der Waals surface area contributed by atoms with Crippen molar-refractivity contribution < 1.29 is 0 Å². The van der Waals surface area contributed by atoms with Gasteiger partial charge in [-0.1, -0.05) is 31.0 Å². The standard InChI is InChI=1S/C13H18ClNS/c1-2-10-7-13(8-10,9-15)16-12-5-3-4-11(14)6-12/h3-6,10H,2,7-9,15H2,1H3. The molecule has 2 rings (SSSR count). The van der Waals surface area contributed by atoms with Crippen molar-refractivity contribution in [1.82, 2.24) is 0 Å². The van der Waals surface area contributed by atoms with Crippen LogP contribution in [0.25, 0.3) is 0 Å². The van der Waals surface area contributed by atoms with Gasteiger partial charge in [-0.25, -0.2) is 0 Å². The lowest BCUT2D eigenvalue weighted by atomic mass is 9.73. The summed E-state index contributed by atoms with van der Waals surface area (Å²) in [6, 6.07) is 8.07. The second-order valence-corrected chi connectivity index (χ2v) is 6.61. The normalized spacial score (nSPS) is 28.8. The summed E-state index contributed by atoms with van der Waals surface area (Å²) >= 11 is 7.89. The zero-order valence-electron chi connectivity index (χ0n) is 9.58. The van der Waals surface area contributed by atoms with Crippen LogP contribution in [0, 0.1) is 5.92 Å². The van der Waals surface area contributed by atoms with E-state index in [0.29, 0.717) is 0 Å². The van der Waals surface area contributed by atoms with E-state index in [4.69, 9.17) is 17.3 Å². The third-order valence-corrected chi connectivity index (χ3v) is 5.06. The van der Waals surface area contributed by atoms with Crippen LogP contribution in [-0.2, 0) is 0 Å². The molecule has 0 bridgehead atoms. The number of hydrogen-bond donors (Lipinski definition) is 1. The van der Waals surface area contributed by atoms with Crippen molar-refractivity contribution in [2.24, 2.45) is 11.7 Å². The summed E-state index contributed by atoms with van der Waals surface area (Å²) in [7, 11) is 0. The highest BCUT2D eigenvalue weighted by molar-refractivity contribution is 8.00. The van der Waals surface area contributed by atoms with Crippen molar-refractivity contribution in [2.45, 2.75) is 35.8 Å². The number of nitrogens with two attached hydrogens (primary N) is 1. The van der Waals surface area contributed by atoms with Gasteiger partial charge in [0, 0.05) is 21.2 Å². The summed E-state index contributed by atoms with van der Waals surface area (Å²) in [5.41, 5.74) is 5.92. The van der Waals surface area contributed by atoms with Crippen molar-refractivity contribution in [3.63, 3.8) is 0 Å². The smallest absolute Gasteiger partial charge is 0.0417 e. The molecule has 0 aromatic heterocycles. The highest BCUT2D eigenvalue weighted by atomic mass is 35.5.